The number of benzene rings is 1. The molecule has 1 fully saturated rings. The van der Waals surface area contributed by atoms with Gasteiger partial charge < -0.3 is 10.4 Å². The van der Waals surface area contributed by atoms with Crippen molar-refractivity contribution in [3.05, 3.63) is 29.8 Å². The molecule has 1 aromatic rings. The number of nitrogens with zero attached hydrogens (tertiary/aromatic N) is 1. The van der Waals surface area contributed by atoms with E-state index in [0.717, 1.165) is 24.3 Å². The molecule has 4 nitrogen and oxygen atoms in total. The number of anilines is 1. The van der Waals surface area contributed by atoms with E-state index in [-0.39, 0.29) is 5.69 Å². The molecule has 1 amide bonds. The molecule has 0 heterocycles. The maximum atomic E-state index is 12.4. The van der Waals surface area contributed by atoms with Crippen LogP contribution in [0, 0.1) is 22.7 Å². The fourth-order valence-corrected chi connectivity index (χ4v) is 2.08. The first kappa shape index (κ1) is 14.3. The monoisotopic (exact) mass is 284 g/mol. The van der Waals surface area contributed by atoms with Gasteiger partial charge in [0.05, 0.1) is 17.7 Å². The molecule has 2 N–H and O–H groups in total. The number of nitrogens with one attached hydrogen (secondary N) is 1. The van der Waals surface area contributed by atoms with Crippen LogP contribution in [0.5, 0.6) is 0 Å². The molecule has 0 spiro atoms. The van der Waals surface area contributed by atoms with Gasteiger partial charge in [-0.15, -0.1) is 0 Å². The summed E-state index contributed by atoms with van der Waals surface area (Å²) in [6, 6.07) is 5.64. The number of halogens is 3. The van der Waals surface area contributed by atoms with Crippen molar-refractivity contribution in [1.82, 2.24) is 0 Å². The molecular weight excluding hydrogens is 273 g/mol. The highest BCUT2D eigenvalue weighted by atomic mass is 19.4. The van der Waals surface area contributed by atoms with Gasteiger partial charge in [0, 0.05) is 11.6 Å². The third-order valence-corrected chi connectivity index (χ3v) is 3.58. The number of alkyl halides is 3. The number of aliphatic hydroxyl groups excluding tert-OH is 1. The molecule has 0 aromatic heterocycles. The second kappa shape index (κ2) is 4.49. The van der Waals surface area contributed by atoms with Gasteiger partial charge >= 0.3 is 6.18 Å². The number of rotatable bonds is 2. The van der Waals surface area contributed by atoms with Gasteiger partial charge in [-0.3, -0.25) is 4.79 Å². The normalized spacial score (nSPS) is 28.6. The lowest BCUT2D eigenvalue weighted by Crippen LogP contribution is -2.26. The van der Waals surface area contributed by atoms with E-state index >= 15 is 0 Å². The Balaban J connectivity index is 2.12. The fourth-order valence-electron chi connectivity index (χ4n) is 2.08. The Labute approximate surface area is 112 Å². The molecule has 0 bridgehead atoms. The summed E-state index contributed by atoms with van der Waals surface area (Å²) in [5.41, 5.74) is -2.20. The molecule has 1 aliphatic rings. The number of aliphatic hydroxyl groups is 1. The Morgan fingerprint density at radius 3 is 2.25 bits per heavy atom. The molecule has 3 atom stereocenters. The molecule has 2 rings (SSSR count). The second-order valence-corrected chi connectivity index (χ2v) is 4.74. The summed E-state index contributed by atoms with van der Waals surface area (Å²) >= 11 is 0. The van der Waals surface area contributed by atoms with E-state index in [4.69, 9.17) is 5.26 Å². The van der Waals surface area contributed by atoms with E-state index in [1.807, 2.05) is 0 Å². The predicted octanol–water partition coefficient (Wildman–Crippen LogP) is 2.16. The van der Waals surface area contributed by atoms with Crippen molar-refractivity contribution >= 4 is 11.6 Å². The Hall–Kier alpha value is -2.07. The van der Waals surface area contributed by atoms with Crippen molar-refractivity contribution in [2.75, 3.05) is 5.32 Å². The average molecular weight is 284 g/mol. The van der Waals surface area contributed by atoms with Gasteiger partial charge in [0.1, 0.15) is 0 Å². The second-order valence-electron chi connectivity index (χ2n) is 4.74. The maximum Gasteiger partial charge on any atom is 0.416 e. The molecule has 1 saturated carbocycles. The summed E-state index contributed by atoms with van der Waals surface area (Å²) in [7, 11) is 0. The fraction of sp³-hybridized carbons (Fsp3) is 0.385. The van der Waals surface area contributed by atoms with Crippen molar-refractivity contribution in [3.8, 4) is 6.07 Å². The highest BCUT2D eigenvalue weighted by Gasteiger charge is 2.68. The van der Waals surface area contributed by atoms with Gasteiger partial charge in [0.25, 0.3) is 0 Å². The summed E-state index contributed by atoms with van der Waals surface area (Å²) in [5.74, 6) is -1.21. The van der Waals surface area contributed by atoms with Gasteiger partial charge in [0.15, 0.2) is 5.41 Å². The van der Waals surface area contributed by atoms with Gasteiger partial charge in [-0.2, -0.15) is 18.4 Å². The Kier molecular flexibility index (Phi) is 3.22. The first-order valence-electron chi connectivity index (χ1n) is 5.81. The van der Waals surface area contributed by atoms with E-state index in [2.05, 4.69) is 5.32 Å². The summed E-state index contributed by atoms with van der Waals surface area (Å²) in [6.45, 7) is 1.56. The predicted molar refractivity (Wildman–Crippen MR) is 63.3 cm³/mol. The van der Waals surface area contributed by atoms with Crippen LogP contribution in [0.1, 0.15) is 12.5 Å². The first-order valence-corrected chi connectivity index (χ1v) is 5.81. The van der Waals surface area contributed by atoms with Gasteiger partial charge in [-0.25, -0.2) is 0 Å². The lowest BCUT2D eigenvalue weighted by molar-refractivity contribution is -0.137. The number of nitriles is 1. The molecule has 106 valence electrons. The van der Waals surface area contributed by atoms with Crippen LogP contribution in [0.2, 0.25) is 0 Å². The SMILES string of the molecule is CC1C(O)C1(C#N)C(=O)Nc1ccc(C(F)(F)F)cc1. The largest absolute Gasteiger partial charge is 0.416 e. The lowest BCUT2D eigenvalue weighted by Gasteiger charge is -2.11. The zero-order valence-corrected chi connectivity index (χ0v) is 10.4. The van der Waals surface area contributed by atoms with Gasteiger partial charge in [-0.05, 0) is 24.3 Å². The molecule has 3 unspecified atom stereocenters. The number of amides is 1. The van der Waals surface area contributed by atoms with E-state index in [9.17, 15) is 23.1 Å². The van der Waals surface area contributed by atoms with Crippen LogP contribution in [0.4, 0.5) is 18.9 Å². The quantitative estimate of drug-likeness (QED) is 0.874. The van der Waals surface area contributed by atoms with Crippen LogP contribution < -0.4 is 5.32 Å². The Bertz CT molecular complexity index is 567. The number of carbonyl (C=O) groups excluding carboxylic acids is 1. The highest BCUT2D eigenvalue weighted by molar-refractivity contribution is 6.00. The number of carbonyl (C=O) groups is 1. The molecule has 0 radical (unpaired) electrons. The van der Waals surface area contributed by atoms with Crippen LogP contribution in [0.15, 0.2) is 24.3 Å². The van der Waals surface area contributed by atoms with Crippen LogP contribution in [-0.4, -0.2) is 17.1 Å². The van der Waals surface area contributed by atoms with Crippen LogP contribution >= 0.6 is 0 Å². The molecule has 1 aliphatic carbocycles. The smallest absolute Gasteiger partial charge is 0.391 e. The molecule has 0 aliphatic heterocycles. The number of hydrogen-bond donors (Lipinski definition) is 2. The summed E-state index contributed by atoms with van der Waals surface area (Å²) < 4.78 is 37.1. The zero-order valence-electron chi connectivity index (χ0n) is 10.4. The number of hydrogen-bond acceptors (Lipinski definition) is 3. The highest BCUT2D eigenvalue weighted by Crippen LogP contribution is 2.52. The van der Waals surface area contributed by atoms with Crippen molar-refractivity contribution in [1.29, 1.82) is 5.26 Å². The minimum Gasteiger partial charge on any atom is -0.391 e. The summed E-state index contributed by atoms with van der Waals surface area (Å²) in [4.78, 5) is 11.9. The topological polar surface area (TPSA) is 73.1 Å². The van der Waals surface area contributed by atoms with Crippen molar-refractivity contribution in [2.45, 2.75) is 19.2 Å². The van der Waals surface area contributed by atoms with Crippen LogP contribution in [0.3, 0.4) is 0 Å². The third kappa shape index (κ3) is 2.12. The minimum absolute atomic E-state index is 0.143. The molecule has 20 heavy (non-hydrogen) atoms. The van der Waals surface area contributed by atoms with Crippen molar-refractivity contribution in [2.24, 2.45) is 11.3 Å². The lowest BCUT2D eigenvalue weighted by atomic mass is 10.0. The van der Waals surface area contributed by atoms with Crippen molar-refractivity contribution < 1.29 is 23.1 Å². The van der Waals surface area contributed by atoms with Gasteiger partial charge in [-0.1, -0.05) is 6.92 Å². The molecule has 0 saturated heterocycles. The van der Waals surface area contributed by atoms with E-state index in [0.29, 0.717) is 0 Å². The summed E-state index contributed by atoms with van der Waals surface area (Å²) in [5, 5.41) is 20.8. The maximum absolute atomic E-state index is 12.4. The summed E-state index contributed by atoms with van der Waals surface area (Å²) in [6.07, 6.45) is -5.50. The molecule has 1 aromatic carbocycles. The van der Waals surface area contributed by atoms with Crippen molar-refractivity contribution in [3.63, 3.8) is 0 Å². The van der Waals surface area contributed by atoms with Crippen LogP contribution in [-0.2, 0) is 11.0 Å². The van der Waals surface area contributed by atoms with Gasteiger partial charge in [0.2, 0.25) is 5.91 Å². The molecule has 7 heteroatoms. The van der Waals surface area contributed by atoms with E-state index in [1.165, 1.54) is 0 Å². The Morgan fingerprint density at radius 1 is 1.40 bits per heavy atom. The van der Waals surface area contributed by atoms with Crippen LogP contribution in [0.25, 0.3) is 0 Å². The van der Waals surface area contributed by atoms with E-state index < -0.39 is 35.1 Å². The zero-order chi connectivity index (χ0) is 15.1. The third-order valence-electron chi connectivity index (χ3n) is 3.58. The van der Waals surface area contributed by atoms with E-state index in [1.54, 1.807) is 13.0 Å². The molecular formula is C13H11F3N2O2. The first-order chi connectivity index (χ1) is 9.23. The Morgan fingerprint density at radius 2 is 1.90 bits per heavy atom. The average Bonchev–Trinajstić information content (AvgIpc) is 2.92. The standard InChI is InChI=1S/C13H11F3N2O2/c1-7-10(19)12(7,6-17)11(20)18-9-4-2-8(3-5-9)13(14,15)16/h2-5,7,10,19H,1H3,(H,18,20). The minimum atomic E-state index is -4.45.